The summed E-state index contributed by atoms with van der Waals surface area (Å²) in [6.07, 6.45) is 3.72. The van der Waals surface area contributed by atoms with Crippen molar-refractivity contribution in [3.05, 3.63) is 66.0 Å². The zero-order valence-corrected chi connectivity index (χ0v) is 16.3. The molecule has 0 bridgehead atoms. The molecule has 0 aliphatic carbocycles. The monoisotopic (exact) mass is 390 g/mol. The van der Waals surface area contributed by atoms with E-state index in [-0.39, 0.29) is 0 Å². The summed E-state index contributed by atoms with van der Waals surface area (Å²) in [6.45, 7) is 1.30. The summed E-state index contributed by atoms with van der Waals surface area (Å²) >= 11 is 0. The van der Waals surface area contributed by atoms with E-state index in [9.17, 15) is 0 Å². The minimum Gasteiger partial charge on any atom is -0.493 e. The fourth-order valence-electron chi connectivity index (χ4n) is 3.16. The molecular weight excluding hydrogens is 368 g/mol. The maximum Gasteiger partial charge on any atom is 0.225 e. The molecule has 4 aromatic rings. The molecule has 0 fully saturated rings. The number of methoxy groups -OCH3 is 2. The lowest BCUT2D eigenvalue weighted by Gasteiger charge is -2.12. The van der Waals surface area contributed by atoms with Gasteiger partial charge in [0.15, 0.2) is 11.5 Å². The highest BCUT2D eigenvalue weighted by atomic mass is 16.5. The van der Waals surface area contributed by atoms with E-state index < -0.39 is 0 Å². The average molecular weight is 390 g/mol. The third kappa shape index (κ3) is 4.06. The minimum absolute atomic E-state index is 0.380. The summed E-state index contributed by atoms with van der Waals surface area (Å²) in [5, 5.41) is 8.21. The predicted molar refractivity (Wildman–Crippen MR) is 112 cm³/mol. The summed E-state index contributed by atoms with van der Waals surface area (Å²) in [6, 6.07) is 13.8. The van der Waals surface area contributed by atoms with E-state index in [4.69, 9.17) is 15.2 Å². The summed E-state index contributed by atoms with van der Waals surface area (Å²) < 4.78 is 12.6. The second kappa shape index (κ2) is 8.05. The molecule has 0 aliphatic heterocycles. The number of hydrogen-bond donors (Lipinski definition) is 2. The zero-order chi connectivity index (χ0) is 20.2. The molecule has 2 aromatic carbocycles. The molecule has 0 saturated carbocycles. The Balaban J connectivity index is 1.54. The van der Waals surface area contributed by atoms with Gasteiger partial charge in [0.1, 0.15) is 5.82 Å². The Morgan fingerprint density at radius 2 is 1.79 bits per heavy atom. The maximum atomic E-state index is 6.14. The number of aromatic nitrogens is 4. The largest absolute Gasteiger partial charge is 0.493 e. The van der Waals surface area contributed by atoms with E-state index in [1.165, 1.54) is 5.56 Å². The van der Waals surface area contributed by atoms with E-state index in [1.54, 1.807) is 32.5 Å². The highest BCUT2D eigenvalue weighted by molar-refractivity contribution is 5.91. The first-order chi connectivity index (χ1) is 14.2. The molecule has 2 aromatic heterocycles. The van der Waals surface area contributed by atoms with Crippen LogP contribution in [0.2, 0.25) is 0 Å². The number of anilines is 2. The van der Waals surface area contributed by atoms with Crippen LogP contribution in [-0.4, -0.2) is 34.0 Å². The van der Waals surface area contributed by atoms with Crippen LogP contribution in [0.5, 0.6) is 11.5 Å². The third-order valence-corrected chi connectivity index (χ3v) is 4.58. The number of benzene rings is 2. The first kappa shape index (κ1) is 18.5. The van der Waals surface area contributed by atoms with Crippen molar-refractivity contribution in [2.45, 2.75) is 13.1 Å². The van der Waals surface area contributed by atoms with Gasteiger partial charge in [0.2, 0.25) is 5.95 Å². The second-order valence-corrected chi connectivity index (χ2v) is 6.53. The van der Waals surface area contributed by atoms with Gasteiger partial charge in [0, 0.05) is 30.4 Å². The number of ether oxygens (including phenoxy) is 2. The van der Waals surface area contributed by atoms with Gasteiger partial charge in [-0.05, 0) is 23.3 Å². The molecule has 2 heterocycles. The number of rotatable bonds is 7. The lowest BCUT2D eigenvalue weighted by molar-refractivity contribution is 0.356. The summed E-state index contributed by atoms with van der Waals surface area (Å²) in [5.41, 5.74) is 9.11. The molecular formula is C21H22N6O2. The van der Waals surface area contributed by atoms with E-state index in [1.807, 2.05) is 23.0 Å². The van der Waals surface area contributed by atoms with E-state index in [0.717, 1.165) is 17.5 Å². The Hall–Kier alpha value is -3.81. The molecule has 148 valence electrons. The van der Waals surface area contributed by atoms with Gasteiger partial charge >= 0.3 is 0 Å². The van der Waals surface area contributed by atoms with Crippen LogP contribution in [0.25, 0.3) is 10.9 Å². The Morgan fingerprint density at radius 3 is 2.55 bits per heavy atom. The summed E-state index contributed by atoms with van der Waals surface area (Å²) in [5.74, 6) is 2.02. The molecule has 0 atom stereocenters. The SMILES string of the molecule is COc1cc2nc(NCc3cccc(Cn4cccn4)c3)nc(N)c2cc1OC. The van der Waals surface area contributed by atoms with Gasteiger partial charge in [-0.2, -0.15) is 10.1 Å². The number of fused-ring (bicyclic) bond motifs is 1. The van der Waals surface area contributed by atoms with Gasteiger partial charge in [-0.3, -0.25) is 4.68 Å². The highest BCUT2D eigenvalue weighted by Crippen LogP contribution is 2.33. The number of hydrogen-bond acceptors (Lipinski definition) is 7. The molecule has 0 aliphatic rings. The summed E-state index contributed by atoms with van der Waals surface area (Å²) in [4.78, 5) is 8.94. The first-order valence-electron chi connectivity index (χ1n) is 9.14. The number of nitrogen functional groups attached to an aromatic ring is 1. The minimum atomic E-state index is 0.380. The van der Waals surface area contributed by atoms with Crippen molar-refractivity contribution in [1.82, 2.24) is 19.7 Å². The van der Waals surface area contributed by atoms with Crippen LogP contribution in [0.4, 0.5) is 11.8 Å². The topological polar surface area (TPSA) is 100 Å². The van der Waals surface area contributed by atoms with Gasteiger partial charge < -0.3 is 20.5 Å². The Labute approximate surface area is 168 Å². The Kier molecular flexibility index (Phi) is 5.15. The first-order valence-corrected chi connectivity index (χ1v) is 9.14. The van der Waals surface area contributed by atoms with E-state index in [0.29, 0.717) is 35.3 Å². The van der Waals surface area contributed by atoms with Gasteiger partial charge in [-0.1, -0.05) is 24.3 Å². The number of nitrogens with zero attached hydrogens (tertiary/aromatic N) is 4. The normalized spacial score (nSPS) is 10.8. The van der Waals surface area contributed by atoms with Crippen LogP contribution in [0, 0.1) is 0 Å². The van der Waals surface area contributed by atoms with Crippen LogP contribution >= 0.6 is 0 Å². The van der Waals surface area contributed by atoms with Crippen molar-refractivity contribution in [1.29, 1.82) is 0 Å². The second-order valence-electron chi connectivity index (χ2n) is 6.53. The number of nitrogens with one attached hydrogen (secondary N) is 1. The molecule has 29 heavy (non-hydrogen) atoms. The predicted octanol–water partition coefficient (Wildman–Crippen LogP) is 3.09. The molecule has 0 spiro atoms. The fourth-order valence-corrected chi connectivity index (χ4v) is 3.16. The maximum absolute atomic E-state index is 6.14. The molecule has 0 saturated heterocycles. The van der Waals surface area contributed by atoms with Crippen molar-refractivity contribution in [3.8, 4) is 11.5 Å². The highest BCUT2D eigenvalue weighted by Gasteiger charge is 2.11. The quantitative estimate of drug-likeness (QED) is 0.500. The van der Waals surface area contributed by atoms with Gasteiger partial charge in [0.25, 0.3) is 0 Å². The Bertz CT molecular complexity index is 1130. The molecule has 0 unspecified atom stereocenters. The van der Waals surface area contributed by atoms with Crippen LogP contribution in [0.15, 0.2) is 54.9 Å². The van der Waals surface area contributed by atoms with Crippen molar-refractivity contribution in [2.24, 2.45) is 0 Å². The van der Waals surface area contributed by atoms with Crippen molar-refractivity contribution >= 4 is 22.7 Å². The fraction of sp³-hybridized carbons (Fsp3) is 0.190. The van der Waals surface area contributed by atoms with Crippen LogP contribution in [-0.2, 0) is 13.1 Å². The molecule has 8 nitrogen and oxygen atoms in total. The van der Waals surface area contributed by atoms with E-state index >= 15 is 0 Å². The molecule has 3 N–H and O–H groups in total. The molecule has 8 heteroatoms. The van der Waals surface area contributed by atoms with Gasteiger partial charge in [-0.15, -0.1) is 0 Å². The molecule has 0 radical (unpaired) electrons. The standard InChI is InChI=1S/C21H22N6O2/c1-28-18-10-16-17(11-19(18)29-2)25-21(26-20(16)22)23-12-14-5-3-6-15(9-14)13-27-8-4-7-24-27/h3-11H,12-13H2,1-2H3,(H3,22,23,25,26). The Morgan fingerprint density at radius 1 is 1.00 bits per heavy atom. The van der Waals surface area contributed by atoms with Gasteiger partial charge in [-0.25, -0.2) is 4.98 Å². The third-order valence-electron chi connectivity index (χ3n) is 4.58. The lowest BCUT2D eigenvalue weighted by atomic mass is 10.1. The van der Waals surface area contributed by atoms with Crippen LogP contribution < -0.4 is 20.5 Å². The van der Waals surface area contributed by atoms with Gasteiger partial charge in [0.05, 0.1) is 26.3 Å². The lowest BCUT2D eigenvalue weighted by Crippen LogP contribution is -2.07. The smallest absolute Gasteiger partial charge is 0.225 e. The van der Waals surface area contributed by atoms with Crippen molar-refractivity contribution in [3.63, 3.8) is 0 Å². The van der Waals surface area contributed by atoms with Crippen molar-refractivity contribution in [2.75, 3.05) is 25.3 Å². The molecule has 4 rings (SSSR count). The number of nitrogens with two attached hydrogens (primary N) is 1. The summed E-state index contributed by atoms with van der Waals surface area (Å²) in [7, 11) is 3.17. The van der Waals surface area contributed by atoms with Crippen LogP contribution in [0.1, 0.15) is 11.1 Å². The van der Waals surface area contributed by atoms with E-state index in [2.05, 4.69) is 38.6 Å². The van der Waals surface area contributed by atoms with Crippen LogP contribution in [0.3, 0.4) is 0 Å². The zero-order valence-electron chi connectivity index (χ0n) is 16.3. The van der Waals surface area contributed by atoms with Crippen molar-refractivity contribution < 1.29 is 9.47 Å². The average Bonchev–Trinajstić information content (AvgIpc) is 3.24. The molecule has 0 amide bonds.